The summed E-state index contributed by atoms with van der Waals surface area (Å²) in [6.07, 6.45) is 9.03. The van der Waals surface area contributed by atoms with Crippen LogP contribution < -0.4 is 14.4 Å². The molecule has 0 saturated heterocycles. The number of fused-ring (bicyclic) bond motifs is 6. The fraction of sp³-hybridized carbons (Fsp3) is 0.128. The Balaban J connectivity index is 1.27. The molecule has 0 N–H and O–H groups in total. The summed E-state index contributed by atoms with van der Waals surface area (Å²) in [4.78, 5) is 2.46. The fourth-order valence-corrected chi connectivity index (χ4v) is 7.04. The Morgan fingerprint density at radius 2 is 1.28 bits per heavy atom. The first-order valence-corrected chi connectivity index (χ1v) is 14.7. The number of aromatic nitrogens is 1. The molecule has 5 aromatic carbocycles. The summed E-state index contributed by atoms with van der Waals surface area (Å²) >= 11 is 0. The molecule has 8 rings (SSSR count). The third kappa shape index (κ3) is 3.83. The maximum atomic E-state index is 5.44. The lowest BCUT2D eigenvalue weighted by atomic mass is 9.75. The number of hydrogen-bond donors (Lipinski definition) is 0. The topological polar surface area (TPSA) is 26.6 Å². The Labute approximate surface area is 251 Å². The van der Waals surface area contributed by atoms with E-state index in [4.69, 9.17) is 9.47 Å². The van der Waals surface area contributed by atoms with Crippen LogP contribution in [0.25, 0.3) is 38.6 Å². The van der Waals surface area contributed by atoms with E-state index < -0.39 is 0 Å². The minimum absolute atomic E-state index is 0.144. The lowest BCUT2D eigenvalue weighted by molar-refractivity contribution is 0.414. The maximum absolute atomic E-state index is 5.44. The molecule has 2 unspecified atom stereocenters. The van der Waals surface area contributed by atoms with Crippen LogP contribution in [0.1, 0.15) is 12.5 Å². The highest BCUT2D eigenvalue weighted by molar-refractivity contribution is 6.10. The van der Waals surface area contributed by atoms with Crippen LogP contribution in [0.4, 0.5) is 11.4 Å². The van der Waals surface area contributed by atoms with Gasteiger partial charge >= 0.3 is 0 Å². The Hall–Kier alpha value is -5.22. The number of nitrogens with zero attached hydrogens (tertiary/aromatic N) is 2. The maximum Gasteiger partial charge on any atom is 0.119 e. The van der Waals surface area contributed by atoms with Crippen LogP contribution in [0.3, 0.4) is 0 Å². The van der Waals surface area contributed by atoms with Crippen LogP contribution in [0.2, 0.25) is 0 Å². The van der Waals surface area contributed by atoms with Crippen molar-refractivity contribution in [3.63, 3.8) is 0 Å². The molecule has 6 aromatic rings. The van der Waals surface area contributed by atoms with Crippen LogP contribution in [0, 0.1) is 0 Å². The highest BCUT2D eigenvalue weighted by atomic mass is 16.5. The predicted molar refractivity (Wildman–Crippen MR) is 177 cm³/mol. The van der Waals surface area contributed by atoms with Gasteiger partial charge in [-0.15, -0.1) is 0 Å². The van der Waals surface area contributed by atoms with Gasteiger partial charge in [0.15, 0.2) is 0 Å². The summed E-state index contributed by atoms with van der Waals surface area (Å²) in [6, 6.07) is 39.4. The first-order valence-electron chi connectivity index (χ1n) is 14.7. The molecule has 1 aliphatic carbocycles. The SMILES string of the molecule is COc1ccc(N2c3ccc(-c4ccc5c(c4)c4ccccc4n5-c4ccc(OC)cc4)cc3C3(C)C=CC=CC23)cc1. The quantitative estimate of drug-likeness (QED) is 0.210. The van der Waals surface area contributed by atoms with Crippen LogP contribution in [0.5, 0.6) is 11.5 Å². The Kier molecular flexibility index (Phi) is 5.73. The van der Waals surface area contributed by atoms with E-state index in [0.29, 0.717) is 0 Å². The highest BCUT2D eigenvalue weighted by Crippen LogP contribution is 2.52. The van der Waals surface area contributed by atoms with Crippen molar-refractivity contribution in [1.29, 1.82) is 0 Å². The molecule has 1 aliphatic heterocycles. The van der Waals surface area contributed by atoms with Crippen molar-refractivity contribution >= 4 is 33.2 Å². The van der Waals surface area contributed by atoms with Gasteiger partial charge in [0.05, 0.1) is 31.3 Å². The van der Waals surface area contributed by atoms with Gasteiger partial charge in [-0.25, -0.2) is 0 Å². The van der Waals surface area contributed by atoms with Gasteiger partial charge in [0.1, 0.15) is 11.5 Å². The van der Waals surface area contributed by atoms with E-state index in [9.17, 15) is 0 Å². The van der Waals surface area contributed by atoms with E-state index in [1.54, 1.807) is 14.2 Å². The highest BCUT2D eigenvalue weighted by Gasteiger charge is 2.46. The van der Waals surface area contributed by atoms with E-state index in [1.807, 2.05) is 24.3 Å². The molecule has 0 spiro atoms. The number of benzene rings is 5. The van der Waals surface area contributed by atoms with Gasteiger partial charge in [-0.3, -0.25) is 0 Å². The van der Waals surface area contributed by atoms with E-state index in [-0.39, 0.29) is 11.5 Å². The number of allylic oxidation sites excluding steroid dienone is 2. The molecule has 0 fully saturated rings. The predicted octanol–water partition coefficient (Wildman–Crippen LogP) is 9.37. The first-order chi connectivity index (χ1) is 21.1. The monoisotopic (exact) mass is 560 g/mol. The fourth-order valence-electron chi connectivity index (χ4n) is 7.04. The molecule has 4 nitrogen and oxygen atoms in total. The zero-order valence-corrected chi connectivity index (χ0v) is 24.5. The van der Waals surface area contributed by atoms with Crippen molar-refractivity contribution < 1.29 is 9.47 Å². The molecule has 0 radical (unpaired) electrons. The summed E-state index contributed by atoms with van der Waals surface area (Å²) in [5.41, 5.74) is 9.54. The number of para-hydroxylation sites is 1. The molecule has 0 saturated carbocycles. The first kappa shape index (κ1) is 25.5. The molecule has 1 aromatic heterocycles. The molecular weight excluding hydrogens is 528 g/mol. The van der Waals surface area contributed by atoms with Crippen LogP contribution in [-0.2, 0) is 5.41 Å². The van der Waals surface area contributed by atoms with Crippen molar-refractivity contribution in [2.24, 2.45) is 0 Å². The Morgan fingerprint density at radius 1 is 0.628 bits per heavy atom. The minimum atomic E-state index is -0.144. The normalized spacial score (nSPS) is 18.7. The average molecular weight is 561 g/mol. The molecule has 43 heavy (non-hydrogen) atoms. The summed E-state index contributed by atoms with van der Waals surface area (Å²) in [6.45, 7) is 2.36. The summed E-state index contributed by atoms with van der Waals surface area (Å²) in [5, 5.41) is 2.49. The summed E-state index contributed by atoms with van der Waals surface area (Å²) in [7, 11) is 3.41. The van der Waals surface area contributed by atoms with Crippen LogP contribution in [0.15, 0.2) is 133 Å². The van der Waals surface area contributed by atoms with E-state index >= 15 is 0 Å². The lowest BCUT2D eigenvalue weighted by Gasteiger charge is -2.34. The number of methoxy groups -OCH3 is 2. The molecule has 4 heteroatoms. The van der Waals surface area contributed by atoms with Crippen molar-refractivity contribution in [2.75, 3.05) is 19.1 Å². The van der Waals surface area contributed by atoms with Gasteiger partial charge in [0.2, 0.25) is 0 Å². The number of ether oxygens (including phenoxy) is 2. The third-order valence-electron chi connectivity index (χ3n) is 9.26. The zero-order valence-electron chi connectivity index (χ0n) is 24.5. The molecule has 2 aliphatic rings. The molecule has 210 valence electrons. The Bertz CT molecular complexity index is 2070. The van der Waals surface area contributed by atoms with E-state index in [0.717, 1.165) is 22.9 Å². The summed E-state index contributed by atoms with van der Waals surface area (Å²) in [5.74, 6) is 1.72. The standard InChI is InChI=1S/C39H32N2O2/c1-39-23-7-6-10-38(39)41(29-15-19-31(43-3)20-16-29)37-22-12-27(25-34(37)39)26-11-21-36-33(24-26)32-8-4-5-9-35(32)40(36)28-13-17-30(42-2)18-14-28/h4-25,38H,1-3H3. The van der Waals surface area contributed by atoms with Crippen molar-refractivity contribution in [3.05, 3.63) is 139 Å². The largest absolute Gasteiger partial charge is 0.497 e. The van der Waals surface area contributed by atoms with E-state index in [1.165, 1.54) is 44.2 Å². The van der Waals surface area contributed by atoms with Gasteiger partial charge in [-0.1, -0.05) is 54.6 Å². The smallest absolute Gasteiger partial charge is 0.119 e. The zero-order chi connectivity index (χ0) is 29.1. The Morgan fingerprint density at radius 3 is 2.02 bits per heavy atom. The second-order valence-electron chi connectivity index (χ2n) is 11.6. The summed E-state index contributed by atoms with van der Waals surface area (Å²) < 4.78 is 13.2. The van der Waals surface area contributed by atoms with Gasteiger partial charge in [0, 0.05) is 33.2 Å². The van der Waals surface area contributed by atoms with Crippen molar-refractivity contribution in [1.82, 2.24) is 4.57 Å². The molecular formula is C39H32N2O2. The molecule has 2 atom stereocenters. The lowest BCUT2D eigenvalue weighted by Crippen LogP contribution is -2.39. The number of anilines is 2. The van der Waals surface area contributed by atoms with Crippen molar-refractivity contribution in [3.8, 4) is 28.3 Å². The molecule has 0 bridgehead atoms. The van der Waals surface area contributed by atoms with Crippen LogP contribution >= 0.6 is 0 Å². The van der Waals surface area contributed by atoms with E-state index in [2.05, 4.69) is 126 Å². The van der Waals surface area contributed by atoms with Gasteiger partial charge in [0.25, 0.3) is 0 Å². The van der Waals surface area contributed by atoms with Crippen molar-refractivity contribution in [2.45, 2.75) is 18.4 Å². The number of hydrogen-bond acceptors (Lipinski definition) is 3. The van der Waals surface area contributed by atoms with Gasteiger partial charge in [-0.2, -0.15) is 0 Å². The second kappa shape index (κ2) is 9.67. The van der Waals surface area contributed by atoms with Gasteiger partial charge < -0.3 is 18.9 Å². The van der Waals surface area contributed by atoms with Gasteiger partial charge in [-0.05, 0) is 102 Å². The third-order valence-corrected chi connectivity index (χ3v) is 9.26. The average Bonchev–Trinajstić information content (AvgIpc) is 3.53. The van der Waals surface area contributed by atoms with Crippen LogP contribution in [-0.4, -0.2) is 24.8 Å². The molecule has 2 heterocycles. The minimum Gasteiger partial charge on any atom is -0.497 e. The number of rotatable bonds is 5. The second-order valence-corrected chi connectivity index (χ2v) is 11.6. The molecule has 0 amide bonds.